The Morgan fingerprint density at radius 1 is 1.22 bits per heavy atom. The van der Waals surface area contributed by atoms with E-state index in [0.29, 0.717) is 12.7 Å². The van der Waals surface area contributed by atoms with Crippen molar-refractivity contribution in [3.05, 3.63) is 41.5 Å². The highest BCUT2D eigenvalue weighted by atomic mass is 19.2. The van der Waals surface area contributed by atoms with Crippen LogP contribution in [-0.4, -0.2) is 29.6 Å². The van der Waals surface area contributed by atoms with Gasteiger partial charge in [-0.2, -0.15) is 4.39 Å². The lowest BCUT2D eigenvalue weighted by Gasteiger charge is -2.10. The number of aromatic nitrogens is 2. The summed E-state index contributed by atoms with van der Waals surface area (Å²) in [6.07, 6.45) is 2.45. The van der Waals surface area contributed by atoms with Crippen molar-refractivity contribution in [2.45, 2.75) is 6.92 Å². The molecule has 1 N–H and O–H groups in total. The number of nitrogens with one attached hydrogen (secondary N) is 1. The van der Waals surface area contributed by atoms with Gasteiger partial charge in [0.2, 0.25) is 5.82 Å². The minimum absolute atomic E-state index is 0.103. The lowest BCUT2D eigenvalue weighted by molar-refractivity contribution is 0.102. The Morgan fingerprint density at radius 3 is 2.43 bits per heavy atom. The first-order valence-corrected chi connectivity index (χ1v) is 6.45. The van der Waals surface area contributed by atoms with Crippen LogP contribution in [0.2, 0.25) is 0 Å². The van der Waals surface area contributed by atoms with Crippen molar-refractivity contribution in [1.29, 1.82) is 0 Å². The first-order chi connectivity index (χ1) is 11.0. The van der Waals surface area contributed by atoms with Crippen LogP contribution in [0.15, 0.2) is 18.5 Å². The third-order valence-electron chi connectivity index (χ3n) is 2.72. The van der Waals surface area contributed by atoms with E-state index < -0.39 is 34.7 Å². The van der Waals surface area contributed by atoms with Gasteiger partial charge in [-0.3, -0.25) is 4.79 Å². The van der Waals surface area contributed by atoms with E-state index in [2.05, 4.69) is 20.0 Å². The van der Waals surface area contributed by atoms with Gasteiger partial charge < -0.3 is 14.8 Å². The van der Waals surface area contributed by atoms with Crippen molar-refractivity contribution in [2.24, 2.45) is 0 Å². The monoisotopic (exact) mass is 327 g/mol. The topological polar surface area (TPSA) is 73.3 Å². The van der Waals surface area contributed by atoms with Crippen molar-refractivity contribution in [1.82, 2.24) is 9.97 Å². The molecule has 2 rings (SSSR count). The third-order valence-corrected chi connectivity index (χ3v) is 2.72. The highest BCUT2D eigenvalue weighted by molar-refractivity contribution is 6.04. The fourth-order valence-corrected chi connectivity index (χ4v) is 1.71. The molecule has 0 saturated heterocycles. The van der Waals surface area contributed by atoms with Crippen LogP contribution >= 0.6 is 0 Å². The molecule has 0 saturated carbocycles. The van der Waals surface area contributed by atoms with Crippen LogP contribution in [0.4, 0.5) is 18.9 Å². The van der Waals surface area contributed by atoms with Crippen molar-refractivity contribution < 1.29 is 27.4 Å². The molecule has 0 spiro atoms. The molecule has 0 atom stereocenters. The molecule has 0 aliphatic rings. The Balaban J connectivity index is 2.25. The second-order valence-corrected chi connectivity index (χ2v) is 4.21. The van der Waals surface area contributed by atoms with Gasteiger partial charge in [0.05, 0.1) is 37.4 Å². The van der Waals surface area contributed by atoms with Crippen LogP contribution in [0.5, 0.6) is 11.8 Å². The summed E-state index contributed by atoms with van der Waals surface area (Å²) in [5, 5.41) is 2.26. The van der Waals surface area contributed by atoms with Gasteiger partial charge in [0, 0.05) is 0 Å². The van der Waals surface area contributed by atoms with E-state index in [4.69, 9.17) is 4.74 Å². The predicted octanol–water partition coefficient (Wildman–Crippen LogP) is 2.55. The van der Waals surface area contributed by atoms with Crippen molar-refractivity contribution >= 4 is 11.6 Å². The minimum Gasteiger partial charge on any atom is -0.491 e. The van der Waals surface area contributed by atoms with E-state index in [-0.39, 0.29) is 11.7 Å². The second kappa shape index (κ2) is 6.95. The van der Waals surface area contributed by atoms with Gasteiger partial charge in [0.1, 0.15) is 0 Å². The van der Waals surface area contributed by atoms with Crippen LogP contribution in [0, 0.1) is 17.5 Å². The number of anilines is 1. The molecule has 23 heavy (non-hydrogen) atoms. The van der Waals surface area contributed by atoms with E-state index in [1.807, 2.05) is 0 Å². The number of hydrogen-bond donors (Lipinski definition) is 1. The van der Waals surface area contributed by atoms with Gasteiger partial charge >= 0.3 is 6.01 Å². The smallest absolute Gasteiger partial charge is 0.316 e. The molecule has 0 unspecified atom stereocenters. The summed E-state index contributed by atoms with van der Waals surface area (Å²) in [7, 11) is 0.961. The Kier molecular flexibility index (Phi) is 4.99. The SMILES string of the molecule is CCOc1ncc(NC(=O)c2cc(F)c(F)c(OC)c2F)cn1. The number of nitrogens with zero attached hydrogens (tertiary/aromatic N) is 2. The fraction of sp³-hybridized carbons (Fsp3) is 0.214. The second-order valence-electron chi connectivity index (χ2n) is 4.21. The zero-order valence-corrected chi connectivity index (χ0v) is 12.2. The Morgan fingerprint density at radius 2 is 1.87 bits per heavy atom. The molecule has 1 aromatic carbocycles. The van der Waals surface area contributed by atoms with E-state index >= 15 is 0 Å². The standard InChI is InChI=1S/C14H12F3N3O3/c1-3-23-14-18-5-7(6-19-14)20-13(21)8-4-9(15)11(17)12(22-2)10(8)16/h4-6H,3H2,1-2H3,(H,20,21). The molecular formula is C14H12F3N3O3. The third kappa shape index (κ3) is 3.50. The average Bonchev–Trinajstić information content (AvgIpc) is 2.53. The first kappa shape index (κ1) is 16.5. The van der Waals surface area contributed by atoms with Gasteiger partial charge in [-0.1, -0.05) is 0 Å². The molecule has 1 amide bonds. The lowest BCUT2D eigenvalue weighted by atomic mass is 10.1. The number of amides is 1. The summed E-state index contributed by atoms with van der Waals surface area (Å²) in [6, 6.07) is 0.545. The largest absolute Gasteiger partial charge is 0.491 e. The number of benzene rings is 1. The normalized spacial score (nSPS) is 10.3. The molecule has 9 heteroatoms. The minimum atomic E-state index is -1.51. The van der Waals surface area contributed by atoms with Crippen LogP contribution in [0.3, 0.4) is 0 Å². The molecule has 2 aromatic rings. The van der Waals surface area contributed by atoms with Gasteiger partial charge in [-0.15, -0.1) is 0 Å². The summed E-state index contributed by atoms with van der Waals surface area (Å²) >= 11 is 0. The van der Waals surface area contributed by atoms with E-state index in [1.54, 1.807) is 6.92 Å². The quantitative estimate of drug-likeness (QED) is 0.855. The number of hydrogen-bond acceptors (Lipinski definition) is 5. The Bertz CT molecular complexity index is 723. The summed E-state index contributed by atoms with van der Waals surface area (Å²) in [5.41, 5.74) is -0.587. The highest BCUT2D eigenvalue weighted by Gasteiger charge is 2.23. The van der Waals surface area contributed by atoms with Gasteiger partial charge in [-0.25, -0.2) is 18.7 Å². The van der Waals surface area contributed by atoms with Gasteiger partial charge in [0.25, 0.3) is 5.91 Å². The summed E-state index contributed by atoms with van der Waals surface area (Å²) in [6.45, 7) is 2.11. The molecular weight excluding hydrogens is 315 g/mol. The molecule has 0 fully saturated rings. The molecule has 1 aromatic heterocycles. The number of carbonyl (C=O) groups excluding carboxylic acids is 1. The zero-order chi connectivity index (χ0) is 17.0. The van der Waals surface area contributed by atoms with E-state index in [0.717, 1.165) is 7.11 Å². The van der Waals surface area contributed by atoms with Crippen molar-refractivity contribution in [3.63, 3.8) is 0 Å². The average molecular weight is 327 g/mol. The Labute approximate surface area is 129 Å². The maximum Gasteiger partial charge on any atom is 0.316 e. The van der Waals surface area contributed by atoms with Crippen LogP contribution in [0.25, 0.3) is 0 Å². The highest BCUT2D eigenvalue weighted by Crippen LogP contribution is 2.27. The summed E-state index contributed by atoms with van der Waals surface area (Å²) in [5.74, 6) is -6.20. The maximum absolute atomic E-state index is 14.0. The van der Waals surface area contributed by atoms with Crippen molar-refractivity contribution in [3.8, 4) is 11.8 Å². The van der Waals surface area contributed by atoms with Gasteiger partial charge in [0.15, 0.2) is 17.4 Å². The number of carbonyl (C=O) groups is 1. The molecule has 0 radical (unpaired) electrons. The number of ether oxygens (including phenoxy) is 2. The first-order valence-electron chi connectivity index (χ1n) is 6.45. The molecule has 6 nitrogen and oxygen atoms in total. The maximum atomic E-state index is 14.0. The summed E-state index contributed by atoms with van der Waals surface area (Å²) in [4.78, 5) is 19.6. The van der Waals surface area contributed by atoms with Crippen LogP contribution in [-0.2, 0) is 0 Å². The van der Waals surface area contributed by atoms with Crippen LogP contribution < -0.4 is 14.8 Å². The molecule has 0 aliphatic heterocycles. The van der Waals surface area contributed by atoms with E-state index in [9.17, 15) is 18.0 Å². The zero-order valence-electron chi connectivity index (χ0n) is 12.2. The summed E-state index contributed by atoms with van der Waals surface area (Å²) < 4.78 is 50.2. The fourth-order valence-electron chi connectivity index (χ4n) is 1.71. The Hall–Kier alpha value is -2.84. The molecule has 0 bridgehead atoms. The molecule has 0 aliphatic carbocycles. The van der Waals surface area contributed by atoms with Crippen molar-refractivity contribution in [2.75, 3.05) is 19.0 Å². The number of halogens is 3. The molecule has 122 valence electrons. The number of methoxy groups -OCH3 is 1. The predicted molar refractivity (Wildman–Crippen MR) is 74.0 cm³/mol. The van der Waals surface area contributed by atoms with Gasteiger partial charge in [-0.05, 0) is 13.0 Å². The molecule has 1 heterocycles. The lowest BCUT2D eigenvalue weighted by Crippen LogP contribution is -2.16. The van der Waals surface area contributed by atoms with E-state index in [1.165, 1.54) is 12.4 Å². The van der Waals surface area contributed by atoms with Crippen LogP contribution in [0.1, 0.15) is 17.3 Å². The number of rotatable bonds is 5.